The molecule has 0 saturated carbocycles. The summed E-state index contributed by atoms with van der Waals surface area (Å²) in [5.41, 5.74) is 4.08. The van der Waals surface area contributed by atoms with Crippen molar-refractivity contribution in [1.29, 1.82) is 0 Å². The van der Waals surface area contributed by atoms with E-state index in [4.69, 9.17) is 10.5 Å². The average Bonchev–Trinajstić information content (AvgIpc) is 1.90. The summed E-state index contributed by atoms with van der Waals surface area (Å²) in [6.45, 7) is 1.18. The number of ether oxygens (including phenoxy) is 1. The lowest BCUT2D eigenvalue weighted by atomic mass is 9.97. The van der Waals surface area contributed by atoms with Gasteiger partial charge in [-0.2, -0.15) is 0 Å². The number of hydrogen-bond acceptors (Lipinski definition) is 2. The second-order valence-corrected chi connectivity index (χ2v) is 2.47. The van der Waals surface area contributed by atoms with Gasteiger partial charge in [0.15, 0.2) is 0 Å². The minimum atomic E-state index is -1.13. The van der Waals surface area contributed by atoms with Crippen LogP contribution in [-0.4, -0.2) is 25.4 Å². The normalized spacial score (nSPS) is 23.4. The summed E-state index contributed by atoms with van der Waals surface area (Å²) in [5.74, 6) is 0. The van der Waals surface area contributed by atoms with E-state index in [1.165, 1.54) is 0 Å². The molecule has 10 heavy (non-hydrogen) atoms. The maximum Gasteiger partial charge on any atom is 0.127 e. The Morgan fingerprint density at radius 2 is 1.90 bits per heavy atom. The molecule has 62 valence electrons. The minimum Gasteiger partial charge on any atom is -0.381 e. The van der Waals surface area contributed by atoms with Crippen molar-refractivity contribution in [2.75, 3.05) is 19.8 Å². The maximum atomic E-state index is 13.1. The van der Waals surface area contributed by atoms with E-state index in [2.05, 4.69) is 0 Å². The first kappa shape index (κ1) is 10.1. The molecular formula is C6H13ClFNO. The van der Waals surface area contributed by atoms with Gasteiger partial charge in [-0.25, -0.2) is 4.39 Å². The average molecular weight is 170 g/mol. The van der Waals surface area contributed by atoms with Crippen LogP contribution in [0.25, 0.3) is 0 Å². The van der Waals surface area contributed by atoms with Gasteiger partial charge in [0.2, 0.25) is 0 Å². The number of alkyl halides is 1. The Morgan fingerprint density at radius 3 is 2.20 bits per heavy atom. The summed E-state index contributed by atoms with van der Waals surface area (Å²) in [6.07, 6.45) is 0.924. The van der Waals surface area contributed by atoms with Crippen molar-refractivity contribution in [3.8, 4) is 0 Å². The molecule has 0 amide bonds. The predicted octanol–water partition coefficient (Wildman–Crippen LogP) is 0.886. The van der Waals surface area contributed by atoms with Crippen LogP contribution in [-0.2, 0) is 4.74 Å². The van der Waals surface area contributed by atoms with Crippen molar-refractivity contribution in [2.45, 2.75) is 18.5 Å². The fourth-order valence-corrected chi connectivity index (χ4v) is 0.941. The van der Waals surface area contributed by atoms with E-state index in [0.29, 0.717) is 26.1 Å². The zero-order chi connectivity index (χ0) is 6.74. The molecule has 1 rings (SSSR count). The summed E-state index contributed by atoms with van der Waals surface area (Å²) >= 11 is 0. The molecule has 0 aromatic carbocycles. The highest BCUT2D eigenvalue weighted by atomic mass is 35.5. The lowest BCUT2D eigenvalue weighted by molar-refractivity contribution is -0.00336. The lowest BCUT2D eigenvalue weighted by Gasteiger charge is -2.27. The van der Waals surface area contributed by atoms with Crippen LogP contribution in [0.4, 0.5) is 4.39 Å². The summed E-state index contributed by atoms with van der Waals surface area (Å²) in [6, 6.07) is 0. The first-order valence-corrected chi connectivity index (χ1v) is 3.24. The molecule has 0 unspecified atom stereocenters. The van der Waals surface area contributed by atoms with Gasteiger partial charge in [-0.1, -0.05) is 0 Å². The molecule has 4 heteroatoms. The summed E-state index contributed by atoms with van der Waals surface area (Å²) in [5, 5.41) is 0. The summed E-state index contributed by atoms with van der Waals surface area (Å²) in [4.78, 5) is 0. The van der Waals surface area contributed by atoms with Crippen molar-refractivity contribution in [1.82, 2.24) is 0 Å². The maximum absolute atomic E-state index is 13.1. The van der Waals surface area contributed by atoms with Crippen molar-refractivity contribution < 1.29 is 9.13 Å². The van der Waals surface area contributed by atoms with Gasteiger partial charge in [0.1, 0.15) is 5.67 Å². The molecule has 0 aromatic heterocycles. The van der Waals surface area contributed by atoms with Crippen LogP contribution in [0.2, 0.25) is 0 Å². The number of halogens is 2. The molecule has 1 heterocycles. The highest BCUT2D eigenvalue weighted by molar-refractivity contribution is 5.85. The van der Waals surface area contributed by atoms with Crippen LogP contribution < -0.4 is 5.73 Å². The molecule has 1 saturated heterocycles. The molecule has 0 radical (unpaired) electrons. The van der Waals surface area contributed by atoms with Crippen LogP contribution >= 0.6 is 12.4 Å². The Bertz CT molecular complexity index is 95.7. The molecule has 2 N–H and O–H groups in total. The van der Waals surface area contributed by atoms with Gasteiger partial charge in [0.25, 0.3) is 0 Å². The number of rotatable bonds is 1. The van der Waals surface area contributed by atoms with Gasteiger partial charge < -0.3 is 10.5 Å². The van der Waals surface area contributed by atoms with Crippen LogP contribution in [0, 0.1) is 0 Å². The Hall–Kier alpha value is 0.140. The molecule has 1 aliphatic heterocycles. The Labute approximate surface area is 66.3 Å². The highest BCUT2D eigenvalue weighted by Gasteiger charge is 2.30. The lowest BCUT2D eigenvalue weighted by Crippen LogP contribution is -2.38. The molecule has 0 bridgehead atoms. The zero-order valence-electron chi connectivity index (χ0n) is 5.81. The zero-order valence-corrected chi connectivity index (χ0v) is 6.62. The quantitative estimate of drug-likeness (QED) is 0.633. The summed E-state index contributed by atoms with van der Waals surface area (Å²) in [7, 11) is 0. The Kier molecular flexibility index (Phi) is 4.17. The molecular weight excluding hydrogens is 157 g/mol. The number of nitrogens with two attached hydrogens (primary N) is 1. The largest absolute Gasteiger partial charge is 0.381 e. The first-order chi connectivity index (χ1) is 4.27. The van der Waals surface area contributed by atoms with Gasteiger partial charge in [-0.05, 0) is 0 Å². The van der Waals surface area contributed by atoms with Gasteiger partial charge in [0, 0.05) is 32.6 Å². The van der Waals surface area contributed by atoms with Crippen LogP contribution in [0.15, 0.2) is 0 Å². The van der Waals surface area contributed by atoms with Gasteiger partial charge in [-0.15, -0.1) is 12.4 Å². The monoisotopic (exact) mass is 169 g/mol. The second-order valence-electron chi connectivity index (χ2n) is 2.47. The molecule has 0 atom stereocenters. The van der Waals surface area contributed by atoms with Crippen molar-refractivity contribution in [3.63, 3.8) is 0 Å². The predicted molar refractivity (Wildman–Crippen MR) is 40.2 cm³/mol. The highest BCUT2D eigenvalue weighted by Crippen LogP contribution is 2.22. The van der Waals surface area contributed by atoms with Crippen molar-refractivity contribution >= 4 is 12.4 Å². The van der Waals surface area contributed by atoms with Crippen LogP contribution in [0.1, 0.15) is 12.8 Å². The first-order valence-electron chi connectivity index (χ1n) is 3.24. The minimum absolute atomic E-state index is 0. The molecule has 0 aromatic rings. The van der Waals surface area contributed by atoms with Crippen molar-refractivity contribution in [2.24, 2.45) is 5.73 Å². The van der Waals surface area contributed by atoms with E-state index in [1.54, 1.807) is 0 Å². The van der Waals surface area contributed by atoms with E-state index in [-0.39, 0.29) is 19.0 Å². The second kappa shape index (κ2) is 4.11. The Balaban J connectivity index is 0.000000810. The standard InChI is InChI=1S/C6H12FNO.ClH/c7-6(5-8)1-3-9-4-2-6;/h1-5,8H2;1H. The van der Waals surface area contributed by atoms with Crippen LogP contribution in [0.5, 0.6) is 0 Å². The molecule has 0 spiro atoms. The van der Waals surface area contributed by atoms with Gasteiger partial charge in [-0.3, -0.25) is 0 Å². The van der Waals surface area contributed by atoms with Crippen molar-refractivity contribution in [3.05, 3.63) is 0 Å². The smallest absolute Gasteiger partial charge is 0.127 e. The van der Waals surface area contributed by atoms with Gasteiger partial charge >= 0.3 is 0 Å². The van der Waals surface area contributed by atoms with E-state index >= 15 is 0 Å². The topological polar surface area (TPSA) is 35.2 Å². The van der Waals surface area contributed by atoms with E-state index in [9.17, 15) is 4.39 Å². The molecule has 2 nitrogen and oxygen atoms in total. The third-order valence-corrected chi connectivity index (χ3v) is 1.75. The molecule has 0 aliphatic carbocycles. The SMILES string of the molecule is Cl.NCC1(F)CCOCC1. The van der Waals surface area contributed by atoms with Crippen LogP contribution in [0.3, 0.4) is 0 Å². The fraction of sp³-hybridized carbons (Fsp3) is 1.00. The molecule has 1 aliphatic rings. The Morgan fingerprint density at radius 1 is 1.40 bits per heavy atom. The number of hydrogen-bond donors (Lipinski definition) is 1. The summed E-state index contributed by atoms with van der Waals surface area (Å²) < 4.78 is 18.1. The van der Waals surface area contributed by atoms with Gasteiger partial charge in [0.05, 0.1) is 0 Å². The third kappa shape index (κ3) is 2.40. The van der Waals surface area contributed by atoms with E-state index in [0.717, 1.165) is 0 Å². The molecule has 1 fully saturated rings. The van der Waals surface area contributed by atoms with E-state index < -0.39 is 5.67 Å². The fourth-order valence-electron chi connectivity index (χ4n) is 0.941. The van der Waals surface area contributed by atoms with E-state index in [1.807, 2.05) is 0 Å². The third-order valence-electron chi connectivity index (χ3n) is 1.75.